The first-order chi connectivity index (χ1) is 2.91. The molecule has 0 saturated carbocycles. The van der Waals surface area contributed by atoms with E-state index in [1.165, 1.54) is 18.9 Å². The van der Waals surface area contributed by atoms with Crippen molar-refractivity contribution in [2.24, 2.45) is 0 Å². The smallest absolute Gasteiger partial charge is 0.0154 e. The average Bonchev–Trinajstić information content (AvgIpc) is 1.61. The lowest BCUT2D eigenvalue weighted by molar-refractivity contribution is 0.883. The molecule has 0 bridgehead atoms. The van der Waals surface area contributed by atoms with E-state index in [-0.39, 0.29) is 0 Å². The van der Waals surface area contributed by atoms with Gasteiger partial charge in [0.2, 0.25) is 0 Å². The predicted molar refractivity (Wildman–Crippen MR) is 34.0 cm³/mol. The SMILES string of the molecule is C=[SiH]CCCC. The lowest BCUT2D eigenvalue weighted by Crippen LogP contribution is -1.71. The van der Waals surface area contributed by atoms with Crippen LogP contribution < -0.4 is 0 Å². The molecule has 0 aromatic heterocycles. The lowest BCUT2D eigenvalue weighted by atomic mass is 10.4. The average molecular weight is 100 g/mol. The van der Waals surface area contributed by atoms with Gasteiger partial charge in [-0.05, 0) is 15.2 Å². The molecule has 6 heavy (non-hydrogen) atoms. The zero-order valence-corrected chi connectivity index (χ0v) is 5.56. The number of hydrogen-bond donors (Lipinski definition) is 0. The molecule has 0 saturated heterocycles. The first kappa shape index (κ1) is 6.09. The molecule has 0 atom stereocenters. The van der Waals surface area contributed by atoms with Crippen molar-refractivity contribution in [2.75, 3.05) is 0 Å². The Morgan fingerprint density at radius 2 is 2.33 bits per heavy atom. The summed E-state index contributed by atoms with van der Waals surface area (Å²) in [6, 6.07) is 1.39. The van der Waals surface area contributed by atoms with Crippen LogP contribution in [0.2, 0.25) is 6.04 Å². The maximum Gasteiger partial charge on any atom is -0.0154 e. The Balaban J connectivity index is 2.49. The van der Waals surface area contributed by atoms with Crippen LogP contribution in [0.25, 0.3) is 0 Å². The van der Waals surface area contributed by atoms with Gasteiger partial charge in [0.05, 0.1) is 0 Å². The van der Waals surface area contributed by atoms with E-state index in [1.807, 2.05) is 0 Å². The van der Waals surface area contributed by atoms with E-state index in [0.29, 0.717) is 9.13 Å². The largest absolute Gasteiger partial charge is 0.121 e. The summed E-state index contributed by atoms with van der Waals surface area (Å²) in [5.74, 6) is 0. The minimum atomic E-state index is 0.534. The molecule has 0 heterocycles. The molecule has 0 N–H and O–H groups in total. The van der Waals surface area contributed by atoms with E-state index in [0.717, 1.165) is 0 Å². The second-order valence-electron chi connectivity index (χ2n) is 1.43. The van der Waals surface area contributed by atoms with E-state index >= 15 is 0 Å². The minimum absolute atomic E-state index is 0.534. The van der Waals surface area contributed by atoms with Crippen molar-refractivity contribution in [3.63, 3.8) is 0 Å². The molecular weight excluding hydrogens is 88.1 g/mol. The molecule has 0 fully saturated rings. The quantitative estimate of drug-likeness (QED) is 0.367. The normalized spacial score (nSPS) is 8.17. The van der Waals surface area contributed by atoms with Crippen LogP contribution in [0.4, 0.5) is 0 Å². The van der Waals surface area contributed by atoms with E-state index in [2.05, 4.69) is 13.1 Å². The highest BCUT2D eigenvalue weighted by molar-refractivity contribution is 6.40. The van der Waals surface area contributed by atoms with Crippen molar-refractivity contribution in [3.8, 4) is 0 Å². The summed E-state index contributed by atoms with van der Waals surface area (Å²) in [4.78, 5) is 0. The Bertz CT molecular complexity index is 32.9. The van der Waals surface area contributed by atoms with Crippen LogP contribution in [0.15, 0.2) is 0 Å². The topological polar surface area (TPSA) is 0 Å². The van der Waals surface area contributed by atoms with Gasteiger partial charge in [-0.25, -0.2) is 0 Å². The summed E-state index contributed by atoms with van der Waals surface area (Å²) in [6.07, 6.45) is 6.53. The fraction of sp³-hybridized carbons (Fsp3) is 0.800. The molecule has 0 amide bonds. The van der Waals surface area contributed by atoms with Crippen molar-refractivity contribution in [1.82, 2.24) is 0 Å². The van der Waals surface area contributed by atoms with Crippen molar-refractivity contribution < 1.29 is 0 Å². The van der Waals surface area contributed by atoms with Crippen molar-refractivity contribution >= 4 is 15.3 Å². The molecule has 0 radical (unpaired) electrons. The number of hydrogen-bond acceptors (Lipinski definition) is 0. The monoisotopic (exact) mass is 100 g/mol. The highest BCUT2D eigenvalue weighted by Crippen LogP contribution is 1.88. The molecule has 0 spiro atoms. The van der Waals surface area contributed by atoms with E-state index < -0.39 is 0 Å². The Morgan fingerprint density at radius 3 is 2.50 bits per heavy atom. The molecule has 36 valence electrons. The Labute approximate surface area is 42.0 Å². The van der Waals surface area contributed by atoms with Crippen LogP contribution in [0.1, 0.15) is 19.8 Å². The molecular formula is C5H12Si. The van der Waals surface area contributed by atoms with Crippen molar-refractivity contribution in [2.45, 2.75) is 25.8 Å². The van der Waals surface area contributed by atoms with Gasteiger partial charge in [0.25, 0.3) is 0 Å². The molecule has 1 heteroatoms. The Hall–Kier alpha value is 0.0869. The maximum atomic E-state index is 3.81. The third-order valence-corrected chi connectivity index (χ3v) is 1.58. The Kier molecular flexibility index (Phi) is 5.16. The van der Waals surface area contributed by atoms with Crippen LogP contribution >= 0.6 is 0 Å². The molecule has 0 unspecified atom stereocenters. The van der Waals surface area contributed by atoms with E-state index in [4.69, 9.17) is 0 Å². The summed E-state index contributed by atoms with van der Waals surface area (Å²) < 4.78 is 0. The molecule has 0 nitrogen and oxygen atoms in total. The van der Waals surface area contributed by atoms with Gasteiger partial charge in [-0.2, -0.15) is 0 Å². The van der Waals surface area contributed by atoms with Gasteiger partial charge in [-0.1, -0.05) is 19.8 Å². The molecule has 0 aliphatic carbocycles. The van der Waals surface area contributed by atoms with Crippen LogP contribution in [0.5, 0.6) is 0 Å². The van der Waals surface area contributed by atoms with E-state index in [1.54, 1.807) is 0 Å². The predicted octanol–water partition coefficient (Wildman–Crippen LogP) is 1.07. The third kappa shape index (κ3) is 4.09. The maximum absolute atomic E-state index is 3.81. The van der Waals surface area contributed by atoms with Gasteiger partial charge < -0.3 is 0 Å². The van der Waals surface area contributed by atoms with Crippen LogP contribution in [0.3, 0.4) is 0 Å². The molecule has 0 aliphatic heterocycles. The zero-order chi connectivity index (χ0) is 4.83. The fourth-order valence-electron chi connectivity index (χ4n) is 0.348. The van der Waals surface area contributed by atoms with Gasteiger partial charge in [0.15, 0.2) is 0 Å². The highest BCUT2D eigenvalue weighted by atomic mass is 28.2. The minimum Gasteiger partial charge on any atom is -0.121 e. The molecule has 0 aromatic rings. The summed E-state index contributed by atoms with van der Waals surface area (Å²) in [7, 11) is 0.534. The second-order valence-corrected chi connectivity index (χ2v) is 2.59. The van der Waals surface area contributed by atoms with Crippen LogP contribution in [0, 0.1) is 0 Å². The van der Waals surface area contributed by atoms with Gasteiger partial charge in [-0.3, -0.25) is 0 Å². The first-order valence-corrected chi connectivity index (χ1v) is 4.16. The summed E-state index contributed by atoms with van der Waals surface area (Å²) in [5.41, 5.74) is 0. The summed E-state index contributed by atoms with van der Waals surface area (Å²) >= 11 is 0. The van der Waals surface area contributed by atoms with Gasteiger partial charge in [-0.15, -0.1) is 6.17 Å². The van der Waals surface area contributed by atoms with E-state index in [9.17, 15) is 0 Å². The van der Waals surface area contributed by atoms with Gasteiger partial charge >= 0.3 is 0 Å². The molecule has 0 aliphatic rings. The van der Waals surface area contributed by atoms with Gasteiger partial charge in [0.1, 0.15) is 0 Å². The van der Waals surface area contributed by atoms with Gasteiger partial charge in [0, 0.05) is 0 Å². The zero-order valence-electron chi connectivity index (χ0n) is 4.41. The highest BCUT2D eigenvalue weighted by Gasteiger charge is 1.71. The first-order valence-electron chi connectivity index (χ1n) is 2.52. The molecule has 0 aromatic carbocycles. The Morgan fingerprint density at radius 1 is 1.67 bits per heavy atom. The summed E-state index contributed by atoms with van der Waals surface area (Å²) in [6.45, 7) is 2.22. The fourth-order valence-corrected chi connectivity index (χ4v) is 1.05. The standard InChI is InChI=1S/C5H12Si/c1-3-4-5-6-2/h6H,2-5H2,1H3. The van der Waals surface area contributed by atoms with Crippen LogP contribution in [-0.4, -0.2) is 15.3 Å². The number of unbranched alkanes of at least 4 members (excludes halogenated alkanes) is 1. The number of rotatable bonds is 3. The third-order valence-electron chi connectivity index (χ3n) is 0.762. The summed E-state index contributed by atoms with van der Waals surface area (Å²) in [5, 5.41) is 0. The molecule has 0 rings (SSSR count). The van der Waals surface area contributed by atoms with Crippen LogP contribution in [-0.2, 0) is 0 Å². The lowest BCUT2D eigenvalue weighted by Gasteiger charge is -1.81. The second kappa shape index (κ2) is 5.09. The van der Waals surface area contributed by atoms with Crippen molar-refractivity contribution in [1.29, 1.82) is 0 Å². The van der Waals surface area contributed by atoms with Crippen molar-refractivity contribution in [3.05, 3.63) is 0 Å².